The van der Waals surface area contributed by atoms with Crippen LogP contribution in [0.4, 0.5) is 0 Å². The Bertz CT molecular complexity index is 1390. The van der Waals surface area contributed by atoms with Gasteiger partial charge in [0.25, 0.3) is 6.33 Å². The average molecular weight is 376 g/mol. The zero-order valence-electron chi connectivity index (χ0n) is 16.4. The summed E-state index contributed by atoms with van der Waals surface area (Å²) in [4.78, 5) is 0. The third kappa shape index (κ3) is 2.34. The van der Waals surface area contributed by atoms with Crippen LogP contribution in [0.5, 0.6) is 11.5 Å². The summed E-state index contributed by atoms with van der Waals surface area (Å²) in [5, 5.41) is 2.29. The molecule has 1 aliphatic heterocycles. The molecular formula is C26H20N2O. The maximum Gasteiger partial charge on any atom is 0.270 e. The minimum Gasteiger partial charge on any atom is -0.464 e. The number of ether oxygens (including phenoxy) is 1. The van der Waals surface area contributed by atoms with E-state index in [9.17, 15) is 0 Å². The van der Waals surface area contributed by atoms with Gasteiger partial charge in [0, 0.05) is 5.39 Å². The Morgan fingerprint density at radius 1 is 0.862 bits per heavy atom. The Kier molecular flexibility index (Phi) is 3.36. The highest BCUT2D eigenvalue weighted by atomic mass is 16.5. The van der Waals surface area contributed by atoms with Crippen molar-refractivity contribution in [2.75, 3.05) is 0 Å². The van der Waals surface area contributed by atoms with E-state index < -0.39 is 0 Å². The van der Waals surface area contributed by atoms with Crippen molar-refractivity contribution in [1.29, 1.82) is 0 Å². The van der Waals surface area contributed by atoms with Crippen molar-refractivity contribution in [2.45, 2.75) is 19.8 Å². The third-order valence-electron chi connectivity index (χ3n) is 5.77. The van der Waals surface area contributed by atoms with Gasteiger partial charge in [-0.25, -0.2) is 0 Å². The summed E-state index contributed by atoms with van der Waals surface area (Å²) < 4.78 is 10.7. The van der Waals surface area contributed by atoms with Gasteiger partial charge in [-0.1, -0.05) is 68.4 Å². The molecule has 0 radical (unpaired) electrons. The molecule has 0 unspecified atom stereocenters. The van der Waals surface area contributed by atoms with Crippen molar-refractivity contribution in [2.24, 2.45) is 0 Å². The monoisotopic (exact) mass is 376 g/mol. The molecule has 0 fully saturated rings. The first-order chi connectivity index (χ1) is 14.2. The van der Waals surface area contributed by atoms with Crippen LogP contribution in [0.25, 0.3) is 33.2 Å². The zero-order chi connectivity index (χ0) is 19.5. The molecule has 0 N–H and O–H groups in total. The fraction of sp³-hybridized carbons (Fsp3) is 0.115. The van der Waals surface area contributed by atoms with E-state index in [0.29, 0.717) is 5.92 Å². The molecule has 3 heteroatoms. The van der Waals surface area contributed by atoms with Crippen molar-refractivity contribution in [1.82, 2.24) is 4.57 Å². The lowest BCUT2D eigenvalue weighted by Crippen LogP contribution is -2.32. The van der Waals surface area contributed by atoms with Crippen LogP contribution in [-0.4, -0.2) is 4.57 Å². The Morgan fingerprint density at radius 2 is 1.69 bits per heavy atom. The maximum atomic E-state index is 6.41. The normalized spacial score (nSPS) is 12.4. The number of rotatable bonds is 2. The largest absolute Gasteiger partial charge is 0.464 e. The predicted octanol–water partition coefficient (Wildman–Crippen LogP) is 6.09. The maximum absolute atomic E-state index is 6.41. The SMILES string of the molecule is CC(C)c1ccc(-n2[c-][n+]3c4c(cccc42)Oc2c-3ccc3ccccc23)cc1. The van der Waals surface area contributed by atoms with Crippen molar-refractivity contribution < 1.29 is 9.30 Å². The fourth-order valence-electron chi connectivity index (χ4n) is 4.21. The standard InChI is InChI=1S/C26H20N2O/c1-17(2)18-10-13-20(14-11-18)27-16-28-23-15-12-19-6-3-4-7-21(19)26(23)29-24-9-5-8-22(27)25(24)28/h3-15,17H,1-2H3. The molecule has 1 aromatic heterocycles. The van der Waals surface area contributed by atoms with Crippen LogP contribution in [0.1, 0.15) is 25.3 Å². The number of fused-ring (bicyclic) bond motifs is 4. The second kappa shape index (κ2) is 5.95. The Labute approximate surface area is 169 Å². The summed E-state index contributed by atoms with van der Waals surface area (Å²) in [7, 11) is 0. The second-order valence-electron chi connectivity index (χ2n) is 7.88. The minimum absolute atomic E-state index is 0.515. The molecule has 0 atom stereocenters. The molecule has 0 saturated heterocycles. The van der Waals surface area contributed by atoms with Crippen LogP contribution < -0.4 is 9.30 Å². The van der Waals surface area contributed by atoms with Crippen LogP contribution in [-0.2, 0) is 0 Å². The molecule has 5 aromatic rings. The lowest BCUT2D eigenvalue weighted by atomic mass is 10.0. The topological polar surface area (TPSA) is 18.0 Å². The van der Waals surface area contributed by atoms with Crippen LogP contribution >= 0.6 is 0 Å². The number of aromatic nitrogens is 2. The van der Waals surface area contributed by atoms with Gasteiger partial charge in [-0.15, -0.1) is 0 Å². The van der Waals surface area contributed by atoms with Crippen LogP contribution in [0.2, 0.25) is 0 Å². The predicted molar refractivity (Wildman–Crippen MR) is 115 cm³/mol. The molecule has 29 heavy (non-hydrogen) atoms. The van der Waals surface area contributed by atoms with Crippen LogP contribution in [0.3, 0.4) is 0 Å². The number of benzene rings is 4. The van der Waals surface area contributed by atoms with Crippen molar-refractivity contribution in [3.8, 4) is 22.9 Å². The lowest BCUT2D eigenvalue weighted by molar-refractivity contribution is -0.575. The van der Waals surface area contributed by atoms with Gasteiger partial charge in [0.2, 0.25) is 0 Å². The molecule has 3 nitrogen and oxygen atoms in total. The van der Waals surface area contributed by atoms with Gasteiger partial charge < -0.3 is 4.74 Å². The summed E-state index contributed by atoms with van der Waals surface area (Å²) in [5.74, 6) is 2.26. The van der Waals surface area contributed by atoms with E-state index in [-0.39, 0.29) is 0 Å². The van der Waals surface area contributed by atoms with E-state index in [2.05, 4.69) is 96.0 Å². The highest BCUT2D eigenvalue weighted by Gasteiger charge is 2.24. The zero-order valence-corrected chi connectivity index (χ0v) is 16.4. The third-order valence-corrected chi connectivity index (χ3v) is 5.77. The van der Waals surface area contributed by atoms with E-state index >= 15 is 0 Å². The Hall–Kier alpha value is -3.59. The van der Waals surface area contributed by atoms with Gasteiger partial charge in [-0.05, 0) is 41.1 Å². The van der Waals surface area contributed by atoms with E-state index in [1.807, 2.05) is 12.1 Å². The first-order valence-corrected chi connectivity index (χ1v) is 10.00. The molecule has 0 spiro atoms. The first kappa shape index (κ1) is 16.4. The van der Waals surface area contributed by atoms with Crippen LogP contribution in [0, 0.1) is 6.33 Å². The molecular weight excluding hydrogens is 356 g/mol. The van der Waals surface area contributed by atoms with E-state index in [0.717, 1.165) is 39.3 Å². The van der Waals surface area contributed by atoms with Crippen molar-refractivity contribution in [3.05, 3.63) is 90.8 Å². The lowest BCUT2D eigenvalue weighted by Gasteiger charge is -2.21. The summed E-state index contributed by atoms with van der Waals surface area (Å²) in [5.41, 5.74) is 5.58. The molecule has 0 saturated carbocycles. The van der Waals surface area contributed by atoms with Gasteiger partial charge in [-0.3, -0.25) is 9.13 Å². The second-order valence-corrected chi connectivity index (χ2v) is 7.88. The number of nitrogens with zero attached hydrogens (tertiary/aromatic N) is 2. The summed E-state index contributed by atoms with van der Waals surface area (Å²) in [6.07, 6.45) is 3.57. The number of hydrogen-bond donors (Lipinski definition) is 0. The molecule has 4 aromatic carbocycles. The Morgan fingerprint density at radius 3 is 2.52 bits per heavy atom. The van der Waals surface area contributed by atoms with E-state index in [4.69, 9.17) is 4.74 Å². The minimum atomic E-state index is 0.515. The smallest absolute Gasteiger partial charge is 0.270 e. The molecule has 0 aliphatic carbocycles. The number of hydrogen-bond acceptors (Lipinski definition) is 1. The Balaban J connectivity index is 1.62. The van der Waals surface area contributed by atoms with E-state index in [1.54, 1.807) is 0 Å². The molecule has 2 heterocycles. The quantitative estimate of drug-likeness (QED) is 0.264. The van der Waals surface area contributed by atoms with Gasteiger partial charge >= 0.3 is 0 Å². The van der Waals surface area contributed by atoms with Gasteiger partial charge in [0.15, 0.2) is 0 Å². The van der Waals surface area contributed by atoms with Gasteiger partial charge in [0.05, 0.1) is 11.2 Å². The summed E-state index contributed by atoms with van der Waals surface area (Å²) in [6, 6.07) is 27.5. The highest BCUT2D eigenvalue weighted by Crippen LogP contribution is 2.40. The van der Waals surface area contributed by atoms with Crippen molar-refractivity contribution in [3.63, 3.8) is 0 Å². The molecule has 6 rings (SSSR count). The van der Waals surface area contributed by atoms with E-state index in [1.165, 1.54) is 10.9 Å². The summed E-state index contributed by atoms with van der Waals surface area (Å²) >= 11 is 0. The first-order valence-electron chi connectivity index (χ1n) is 10.00. The number of imidazole rings is 1. The molecule has 1 aliphatic rings. The fourth-order valence-corrected chi connectivity index (χ4v) is 4.21. The van der Waals surface area contributed by atoms with Gasteiger partial charge in [0.1, 0.15) is 22.7 Å². The molecule has 0 amide bonds. The van der Waals surface area contributed by atoms with Crippen molar-refractivity contribution >= 4 is 21.8 Å². The molecule has 140 valence electrons. The summed E-state index contributed by atoms with van der Waals surface area (Å²) in [6.45, 7) is 4.43. The number of para-hydroxylation sites is 1. The highest BCUT2D eigenvalue weighted by molar-refractivity contribution is 5.93. The van der Waals surface area contributed by atoms with Gasteiger partial charge in [-0.2, -0.15) is 0 Å². The average Bonchev–Trinajstić information content (AvgIpc) is 3.15. The molecule has 0 bridgehead atoms. The van der Waals surface area contributed by atoms with Crippen LogP contribution in [0.15, 0.2) is 78.9 Å².